The molecular weight excluding hydrogens is 396 g/mol. The second-order valence-electron chi connectivity index (χ2n) is 7.71. The molecule has 1 saturated heterocycles. The van der Waals surface area contributed by atoms with Crippen LogP contribution in [0.3, 0.4) is 0 Å². The van der Waals surface area contributed by atoms with Crippen molar-refractivity contribution in [2.45, 2.75) is 32.2 Å². The van der Waals surface area contributed by atoms with Gasteiger partial charge in [-0.3, -0.25) is 0 Å². The number of methoxy groups -OCH3 is 3. The molecule has 9 heteroatoms. The van der Waals surface area contributed by atoms with Gasteiger partial charge in [-0.1, -0.05) is 0 Å². The molecule has 0 amide bonds. The predicted octanol–water partition coefficient (Wildman–Crippen LogP) is 2.11. The van der Waals surface area contributed by atoms with E-state index in [1.807, 2.05) is 24.6 Å². The van der Waals surface area contributed by atoms with Gasteiger partial charge in [0.2, 0.25) is 0 Å². The normalized spacial score (nSPS) is 16.6. The van der Waals surface area contributed by atoms with Gasteiger partial charge in [0.25, 0.3) is 0 Å². The van der Waals surface area contributed by atoms with Gasteiger partial charge in [0.1, 0.15) is 23.9 Å². The largest absolute Gasteiger partial charge is 0.497 e. The zero-order chi connectivity index (χ0) is 22.2. The Morgan fingerprint density at radius 3 is 2.52 bits per heavy atom. The summed E-state index contributed by atoms with van der Waals surface area (Å²) in [6.07, 6.45) is 1.96. The Morgan fingerprint density at radius 1 is 1.16 bits per heavy atom. The summed E-state index contributed by atoms with van der Waals surface area (Å²) in [6, 6.07) is 6.10. The van der Waals surface area contributed by atoms with Gasteiger partial charge >= 0.3 is 0 Å². The van der Waals surface area contributed by atoms with E-state index in [1.165, 1.54) is 5.56 Å². The van der Waals surface area contributed by atoms with Crippen LogP contribution in [0.15, 0.2) is 23.2 Å². The van der Waals surface area contributed by atoms with Gasteiger partial charge in [0.05, 0.1) is 14.2 Å². The third-order valence-electron chi connectivity index (χ3n) is 5.69. The highest BCUT2D eigenvalue weighted by molar-refractivity contribution is 5.80. The Bertz CT molecular complexity index is 860. The van der Waals surface area contributed by atoms with Crippen LogP contribution in [0.4, 0.5) is 0 Å². The Balaban J connectivity index is 1.73. The Hall–Kier alpha value is -2.81. The van der Waals surface area contributed by atoms with Crippen molar-refractivity contribution in [1.82, 2.24) is 25.0 Å². The lowest BCUT2D eigenvalue weighted by Gasteiger charge is -2.22. The van der Waals surface area contributed by atoms with Crippen LogP contribution in [-0.2, 0) is 18.3 Å². The standard InChI is InChI=1S/C22H34N6O3/c1-16-25-26-21(27(16)2)14-24-22(23-8-6-10-29-3)28-9-7-17(15-28)18-11-19(30-4)13-20(12-18)31-5/h11-13,17H,6-10,14-15H2,1-5H3,(H,23,24). The minimum atomic E-state index is 0.382. The molecule has 0 saturated carbocycles. The van der Waals surface area contributed by atoms with Crippen LogP contribution < -0.4 is 14.8 Å². The number of aliphatic imine (C=N–C) groups is 1. The van der Waals surface area contributed by atoms with E-state index in [4.69, 9.17) is 19.2 Å². The molecule has 1 atom stereocenters. The van der Waals surface area contributed by atoms with Crippen molar-refractivity contribution < 1.29 is 14.2 Å². The van der Waals surface area contributed by atoms with Crippen molar-refractivity contribution in [2.75, 3.05) is 47.6 Å². The highest BCUT2D eigenvalue weighted by atomic mass is 16.5. The molecule has 9 nitrogen and oxygen atoms in total. The number of rotatable bonds is 9. The van der Waals surface area contributed by atoms with E-state index < -0.39 is 0 Å². The minimum Gasteiger partial charge on any atom is -0.497 e. The van der Waals surface area contributed by atoms with Crippen molar-refractivity contribution in [3.8, 4) is 11.5 Å². The molecule has 2 aromatic rings. The topological polar surface area (TPSA) is 86.0 Å². The van der Waals surface area contributed by atoms with E-state index in [-0.39, 0.29) is 0 Å². The molecule has 1 N–H and O–H groups in total. The average molecular weight is 431 g/mol. The first-order valence-corrected chi connectivity index (χ1v) is 10.7. The molecule has 0 spiro atoms. The van der Waals surface area contributed by atoms with Crippen LogP contribution in [0.5, 0.6) is 11.5 Å². The van der Waals surface area contributed by atoms with E-state index in [2.05, 4.69) is 32.5 Å². The quantitative estimate of drug-likeness (QED) is 0.370. The summed E-state index contributed by atoms with van der Waals surface area (Å²) in [5, 5.41) is 11.9. The summed E-state index contributed by atoms with van der Waals surface area (Å²) in [6.45, 7) is 5.76. The molecule has 0 aliphatic carbocycles. The molecule has 1 unspecified atom stereocenters. The Labute approximate surface area is 184 Å². The first kappa shape index (κ1) is 22.9. The fourth-order valence-electron chi connectivity index (χ4n) is 3.71. The summed E-state index contributed by atoms with van der Waals surface area (Å²) >= 11 is 0. The molecular formula is C22H34N6O3. The van der Waals surface area contributed by atoms with Crippen molar-refractivity contribution in [3.05, 3.63) is 35.4 Å². The number of hydrogen-bond acceptors (Lipinski definition) is 6. The lowest BCUT2D eigenvalue weighted by atomic mass is 9.98. The second kappa shape index (κ2) is 11.0. The van der Waals surface area contributed by atoms with E-state index in [1.54, 1.807) is 21.3 Å². The van der Waals surface area contributed by atoms with Gasteiger partial charge < -0.3 is 29.0 Å². The number of nitrogens with zero attached hydrogens (tertiary/aromatic N) is 5. The third-order valence-corrected chi connectivity index (χ3v) is 5.69. The predicted molar refractivity (Wildman–Crippen MR) is 120 cm³/mol. The van der Waals surface area contributed by atoms with Crippen molar-refractivity contribution >= 4 is 5.96 Å². The van der Waals surface area contributed by atoms with Gasteiger partial charge in [0.15, 0.2) is 11.8 Å². The van der Waals surface area contributed by atoms with Crippen LogP contribution >= 0.6 is 0 Å². The number of aryl methyl sites for hydroxylation is 1. The van der Waals surface area contributed by atoms with Crippen LogP contribution in [0, 0.1) is 6.92 Å². The molecule has 3 rings (SSSR count). The van der Waals surface area contributed by atoms with Crippen LogP contribution in [-0.4, -0.2) is 73.2 Å². The maximum absolute atomic E-state index is 5.45. The van der Waals surface area contributed by atoms with Crippen molar-refractivity contribution in [3.63, 3.8) is 0 Å². The number of aromatic nitrogens is 3. The number of nitrogens with one attached hydrogen (secondary N) is 1. The maximum atomic E-state index is 5.45. The monoisotopic (exact) mass is 430 g/mol. The molecule has 170 valence electrons. The minimum absolute atomic E-state index is 0.382. The zero-order valence-electron chi connectivity index (χ0n) is 19.2. The summed E-state index contributed by atoms with van der Waals surface area (Å²) in [7, 11) is 7.05. The van der Waals surface area contributed by atoms with Gasteiger partial charge in [-0.05, 0) is 37.5 Å². The summed E-state index contributed by atoms with van der Waals surface area (Å²) in [4.78, 5) is 7.17. The summed E-state index contributed by atoms with van der Waals surface area (Å²) in [5.74, 6) is 4.64. The number of benzene rings is 1. The van der Waals surface area contributed by atoms with Gasteiger partial charge in [-0.2, -0.15) is 0 Å². The number of guanidine groups is 1. The molecule has 0 radical (unpaired) electrons. The maximum Gasteiger partial charge on any atom is 0.194 e. The van der Waals surface area contributed by atoms with Crippen molar-refractivity contribution in [2.24, 2.45) is 12.0 Å². The smallest absolute Gasteiger partial charge is 0.194 e. The molecule has 1 aromatic carbocycles. The summed E-state index contributed by atoms with van der Waals surface area (Å²) < 4.78 is 18.1. The molecule has 0 bridgehead atoms. The molecule has 1 aromatic heterocycles. The average Bonchev–Trinajstić information content (AvgIpc) is 3.40. The molecule has 31 heavy (non-hydrogen) atoms. The van der Waals surface area contributed by atoms with Gasteiger partial charge in [-0.25, -0.2) is 4.99 Å². The first-order valence-electron chi connectivity index (χ1n) is 10.7. The first-order chi connectivity index (χ1) is 15.0. The van der Waals surface area contributed by atoms with Crippen LogP contribution in [0.1, 0.15) is 36.0 Å². The van der Waals surface area contributed by atoms with Gasteiger partial charge in [0, 0.05) is 52.4 Å². The molecule has 1 aliphatic heterocycles. The highest BCUT2D eigenvalue weighted by Crippen LogP contribution is 2.33. The fourth-order valence-corrected chi connectivity index (χ4v) is 3.71. The highest BCUT2D eigenvalue weighted by Gasteiger charge is 2.27. The molecule has 1 aliphatic rings. The summed E-state index contributed by atoms with van der Waals surface area (Å²) in [5.41, 5.74) is 1.22. The lowest BCUT2D eigenvalue weighted by Crippen LogP contribution is -2.40. The third kappa shape index (κ3) is 5.88. The Kier molecular flexibility index (Phi) is 8.11. The van der Waals surface area contributed by atoms with Gasteiger partial charge in [-0.15, -0.1) is 10.2 Å². The van der Waals surface area contributed by atoms with E-state index in [9.17, 15) is 0 Å². The number of hydrogen-bond donors (Lipinski definition) is 1. The Morgan fingerprint density at radius 2 is 1.90 bits per heavy atom. The van der Waals surface area contributed by atoms with E-state index >= 15 is 0 Å². The van der Waals surface area contributed by atoms with E-state index in [0.717, 1.165) is 68.2 Å². The number of likely N-dealkylation sites (tertiary alicyclic amines) is 1. The van der Waals surface area contributed by atoms with Crippen molar-refractivity contribution in [1.29, 1.82) is 0 Å². The second-order valence-corrected chi connectivity index (χ2v) is 7.71. The van der Waals surface area contributed by atoms with E-state index in [0.29, 0.717) is 12.5 Å². The number of ether oxygens (including phenoxy) is 3. The fraction of sp³-hybridized carbons (Fsp3) is 0.591. The molecule has 2 heterocycles. The SMILES string of the molecule is COCCCNC(=NCc1nnc(C)n1C)N1CCC(c2cc(OC)cc(OC)c2)C1. The van der Waals surface area contributed by atoms with Crippen LogP contribution in [0.2, 0.25) is 0 Å². The van der Waals surface area contributed by atoms with Crippen LogP contribution in [0.25, 0.3) is 0 Å². The lowest BCUT2D eigenvalue weighted by molar-refractivity contribution is 0.195. The zero-order valence-corrected chi connectivity index (χ0v) is 19.2. The molecule has 1 fully saturated rings.